The molecule has 13 heavy (non-hydrogen) atoms. The van der Waals surface area contributed by atoms with E-state index in [1.807, 2.05) is 18.2 Å². The number of rotatable bonds is 1. The summed E-state index contributed by atoms with van der Waals surface area (Å²) in [7, 11) is 1.57. The average molecular weight is 173 g/mol. The summed E-state index contributed by atoms with van der Waals surface area (Å²) >= 11 is 0. The van der Waals surface area contributed by atoms with Crippen molar-refractivity contribution >= 4 is 5.65 Å². The van der Waals surface area contributed by atoms with Gasteiger partial charge in [0.2, 0.25) is 0 Å². The van der Waals surface area contributed by atoms with Gasteiger partial charge in [0.25, 0.3) is 0 Å². The topological polar surface area (TPSA) is 50.3 Å². The van der Waals surface area contributed by atoms with Crippen LogP contribution in [0.3, 0.4) is 0 Å². The molecule has 0 bridgehead atoms. The quantitative estimate of drug-likeness (QED) is 0.651. The van der Waals surface area contributed by atoms with Crippen LogP contribution in [-0.2, 0) is 0 Å². The second kappa shape index (κ2) is 2.79. The van der Waals surface area contributed by atoms with Crippen LogP contribution in [0.25, 0.3) is 5.65 Å². The van der Waals surface area contributed by atoms with Gasteiger partial charge < -0.3 is 4.74 Å². The van der Waals surface area contributed by atoms with Crippen LogP contribution in [0.15, 0.2) is 24.4 Å². The Kier molecular flexibility index (Phi) is 1.64. The molecular weight excluding hydrogens is 166 g/mol. The third kappa shape index (κ3) is 1.02. The van der Waals surface area contributed by atoms with Crippen molar-refractivity contribution in [1.29, 1.82) is 5.26 Å². The van der Waals surface area contributed by atoms with Crippen molar-refractivity contribution < 1.29 is 4.74 Å². The first kappa shape index (κ1) is 7.62. The Balaban J connectivity index is 2.85. The van der Waals surface area contributed by atoms with Crippen LogP contribution in [0.2, 0.25) is 0 Å². The molecule has 64 valence electrons. The van der Waals surface area contributed by atoms with Gasteiger partial charge in [-0.15, -0.1) is 0 Å². The van der Waals surface area contributed by atoms with E-state index >= 15 is 0 Å². The van der Waals surface area contributed by atoms with Gasteiger partial charge in [-0.05, 0) is 12.1 Å². The summed E-state index contributed by atoms with van der Waals surface area (Å²) in [6, 6.07) is 7.49. The predicted molar refractivity (Wildman–Crippen MR) is 46.5 cm³/mol. The number of hydrogen-bond acceptors (Lipinski definition) is 3. The third-order valence-electron chi connectivity index (χ3n) is 1.82. The minimum Gasteiger partial charge on any atom is -0.482 e. The van der Waals surface area contributed by atoms with Crippen molar-refractivity contribution in [2.45, 2.75) is 0 Å². The zero-order valence-corrected chi connectivity index (χ0v) is 7.06. The molecule has 0 aliphatic rings. The van der Waals surface area contributed by atoms with E-state index in [2.05, 4.69) is 4.98 Å². The number of hydrogen-bond donors (Lipinski definition) is 0. The number of fused-ring (bicyclic) bond motifs is 1. The number of pyridine rings is 1. The van der Waals surface area contributed by atoms with E-state index in [1.165, 1.54) is 6.20 Å². The predicted octanol–water partition coefficient (Wildman–Crippen LogP) is 1.21. The molecule has 0 atom stereocenters. The van der Waals surface area contributed by atoms with Gasteiger partial charge in [-0.1, -0.05) is 6.07 Å². The highest BCUT2D eigenvalue weighted by molar-refractivity contribution is 5.47. The first-order valence-corrected chi connectivity index (χ1v) is 3.77. The largest absolute Gasteiger partial charge is 0.482 e. The van der Waals surface area contributed by atoms with Crippen LogP contribution in [0, 0.1) is 11.3 Å². The van der Waals surface area contributed by atoms with E-state index in [1.54, 1.807) is 17.6 Å². The molecule has 0 N–H and O–H groups in total. The lowest BCUT2D eigenvalue weighted by atomic mass is 10.4. The first-order valence-electron chi connectivity index (χ1n) is 3.77. The molecule has 0 aromatic carbocycles. The molecule has 0 spiro atoms. The maximum Gasteiger partial charge on any atom is 0.200 e. The minimum absolute atomic E-state index is 0.479. The molecule has 4 nitrogen and oxygen atoms in total. The molecular formula is C9H7N3O. The summed E-state index contributed by atoms with van der Waals surface area (Å²) < 4.78 is 6.77. The van der Waals surface area contributed by atoms with Crippen LogP contribution >= 0.6 is 0 Å². The Labute approximate surface area is 75.0 Å². The minimum atomic E-state index is 0.479. The third-order valence-corrected chi connectivity index (χ3v) is 1.82. The molecule has 0 unspecified atom stereocenters. The second-order valence-electron chi connectivity index (χ2n) is 2.52. The number of nitrogens with zero attached hydrogens (tertiary/aromatic N) is 3. The Morgan fingerprint density at radius 1 is 1.54 bits per heavy atom. The van der Waals surface area contributed by atoms with Gasteiger partial charge in [0.15, 0.2) is 5.88 Å². The van der Waals surface area contributed by atoms with E-state index in [9.17, 15) is 0 Å². The molecule has 0 radical (unpaired) electrons. The maximum absolute atomic E-state index is 8.78. The second-order valence-corrected chi connectivity index (χ2v) is 2.52. The van der Waals surface area contributed by atoms with Gasteiger partial charge in [0.1, 0.15) is 17.4 Å². The van der Waals surface area contributed by atoms with E-state index in [-0.39, 0.29) is 0 Å². The lowest BCUT2D eigenvalue weighted by molar-refractivity contribution is 0.392. The van der Waals surface area contributed by atoms with Crippen molar-refractivity contribution in [3.05, 3.63) is 30.1 Å². The fraction of sp³-hybridized carbons (Fsp3) is 0.111. The van der Waals surface area contributed by atoms with Crippen molar-refractivity contribution in [1.82, 2.24) is 9.38 Å². The number of imidazole rings is 1. The van der Waals surface area contributed by atoms with Gasteiger partial charge in [-0.3, -0.25) is 4.40 Å². The van der Waals surface area contributed by atoms with Gasteiger partial charge in [0, 0.05) is 0 Å². The summed E-state index contributed by atoms with van der Waals surface area (Å²) in [5, 5.41) is 8.78. The molecule has 0 saturated carbocycles. The summed E-state index contributed by atoms with van der Waals surface area (Å²) in [5.41, 5.74) is 1.20. The highest BCUT2D eigenvalue weighted by Crippen LogP contribution is 2.15. The van der Waals surface area contributed by atoms with E-state index < -0.39 is 0 Å². The molecule has 0 saturated heterocycles. The van der Waals surface area contributed by atoms with Crippen molar-refractivity contribution in [2.24, 2.45) is 0 Å². The monoisotopic (exact) mass is 173 g/mol. The van der Waals surface area contributed by atoms with Gasteiger partial charge in [-0.25, -0.2) is 4.98 Å². The number of methoxy groups -OCH3 is 1. The highest BCUT2D eigenvalue weighted by atomic mass is 16.5. The van der Waals surface area contributed by atoms with Crippen molar-refractivity contribution in [2.75, 3.05) is 7.11 Å². The van der Waals surface area contributed by atoms with E-state index in [0.29, 0.717) is 11.6 Å². The van der Waals surface area contributed by atoms with Gasteiger partial charge in [-0.2, -0.15) is 5.26 Å². The summed E-state index contributed by atoms with van der Waals surface area (Å²) in [6.45, 7) is 0. The van der Waals surface area contributed by atoms with Crippen LogP contribution in [0.1, 0.15) is 5.69 Å². The molecule has 0 amide bonds. The lowest BCUT2D eigenvalue weighted by Crippen LogP contribution is -1.95. The first-order chi connectivity index (χ1) is 6.36. The van der Waals surface area contributed by atoms with E-state index in [0.717, 1.165) is 5.65 Å². The molecule has 0 aliphatic heterocycles. The summed E-state index contributed by atoms with van der Waals surface area (Å²) in [5.74, 6) is 0.617. The Hall–Kier alpha value is -2.02. The molecule has 2 aromatic rings. The van der Waals surface area contributed by atoms with Crippen LogP contribution in [0.4, 0.5) is 0 Å². The molecule has 4 heteroatoms. The van der Waals surface area contributed by atoms with Crippen LogP contribution in [0.5, 0.6) is 5.88 Å². The Morgan fingerprint density at radius 2 is 2.38 bits per heavy atom. The average Bonchev–Trinajstić information content (AvgIpc) is 2.60. The van der Waals surface area contributed by atoms with Gasteiger partial charge in [0.05, 0.1) is 13.3 Å². The van der Waals surface area contributed by atoms with Crippen LogP contribution < -0.4 is 4.74 Å². The maximum atomic E-state index is 8.78. The number of nitriles is 1. The highest BCUT2D eigenvalue weighted by Gasteiger charge is 2.05. The Morgan fingerprint density at radius 3 is 3.08 bits per heavy atom. The van der Waals surface area contributed by atoms with Gasteiger partial charge >= 0.3 is 0 Å². The summed E-state index contributed by atoms with van der Waals surface area (Å²) in [6.07, 6.45) is 1.53. The van der Waals surface area contributed by atoms with Crippen LogP contribution in [-0.4, -0.2) is 16.5 Å². The number of ether oxygens (including phenoxy) is 1. The molecule has 0 fully saturated rings. The molecule has 2 aromatic heterocycles. The van der Waals surface area contributed by atoms with Crippen molar-refractivity contribution in [3.8, 4) is 11.9 Å². The van der Waals surface area contributed by atoms with Crippen molar-refractivity contribution in [3.63, 3.8) is 0 Å². The molecule has 2 rings (SSSR count). The standard InChI is InChI=1S/C9H7N3O/c1-13-9-4-2-3-8-11-6-7(5-10)12(8)9/h2-4,6H,1H3. The summed E-state index contributed by atoms with van der Waals surface area (Å²) in [4.78, 5) is 4.06. The normalized spacial score (nSPS) is 9.85. The zero-order chi connectivity index (χ0) is 9.26. The fourth-order valence-electron chi connectivity index (χ4n) is 1.24. The zero-order valence-electron chi connectivity index (χ0n) is 7.06. The van der Waals surface area contributed by atoms with E-state index in [4.69, 9.17) is 10.00 Å². The number of aromatic nitrogens is 2. The molecule has 0 aliphatic carbocycles. The molecule has 2 heterocycles. The fourth-order valence-corrected chi connectivity index (χ4v) is 1.24. The SMILES string of the molecule is COc1cccc2ncc(C#N)n12. The smallest absolute Gasteiger partial charge is 0.200 e. The Bertz CT molecular complexity index is 481. The lowest BCUT2D eigenvalue weighted by Gasteiger charge is -2.02.